The molecule has 2 aliphatic rings. The predicted octanol–water partition coefficient (Wildman–Crippen LogP) is 2.64. The van der Waals surface area contributed by atoms with Crippen LogP contribution in [-0.4, -0.2) is 45.9 Å². The van der Waals surface area contributed by atoms with Gasteiger partial charge in [-0.25, -0.2) is 4.79 Å². The fraction of sp³-hybridized carbons (Fsp3) is 0.500. The third-order valence-electron chi connectivity index (χ3n) is 5.06. The minimum atomic E-state index is -0.0876. The fourth-order valence-electron chi connectivity index (χ4n) is 3.79. The lowest BCUT2D eigenvalue weighted by Crippen LogP contribution is -2.42. The van der Waals surface area contributed by atoms with Gasteiger partial charge in [-0.05, 0) is 31.4 Å². The van der Waals surface area contributed by atoms with Crippen molar-refractivity contribution in [3.63, 3.8) is 0 Å². The number of methoxy groups -OCH3 is 1. The van der Waals surface area contributed by atoms with E-state index in [2.05, 4.69) is 20.1 Å². The van der Waals surface area contributed by atoms with E-state index in [4.69, 9.17) is 4.74 Å². The Kier molecular flexibility index (Phi) is 4.29. The molecule has 132 valence electrons. The lowest BCUT2D eigenvalue weighted by molar-refractivity contribution is 0.190. The van der Waals surface area contributed by atoms with Crippen molar-refractivity contribution in [1.82, 2.24) is 19.7 Å². The molecular weight excluding hydrogens is 318 g/mol. The molecule has 0 aliphatic carbocycles. The second kappa shape index (κ2) is 6.74. The third kappa shape index (κ3) is 3.06. The Morgan fingerprint density at radius 2 is 2.12 bits per heavy atom. The second-order valence-corrected chi connectivity index (χ2v) is 6.65. The van der Waals surface area contributed by atoms with E-state index in [-0.39, 0.29) is 11.9 Å². The van der Waals surface area contributed by atoms with Gasteiger partial charge >= 0.3 is 6.03 Å². The maximum Gasteiger partial charge on any atom is 0.321 e. The van der Waals surface area contributed by atoms with Crippen molar-refractivity contribution in [3.8, 4) is 5.75 Å². The van der Waals surface area contributed by atoms with E-state index in [1.807, 2.05) is 29.2 Å². The van der Waals surface area contributed by atoms with Gasteiger partial charge in [0.15, 0.2) is 0 Å². The van der Waals surface area contributed by atoms with Crippen LogP contribution in [0, 0.1) is 0 Å². The first-order valence-electron chi connectivity index (χ1n) is 8.87. The lowest BCUT2D eigenvalue weighted by atomic mass is 9.97. The van der Waals surface area contributed by atoms with Gasteiger partial charge in [0.2, 0.25) is 0 Å². The summed E-state index contributed by atoms with van der Waals surface area (Å²) in [5.41, 5.74) is 0.695. The number of urea groups is 1. The molecule has 1 unspecified atom stereocenters. The molecule has 3 heterocycles. The van der Waals surface area contributed by atoms with Gasteiger partial charge in [-0.3, -0.25) is 0 Å². The number of nitrogens with zero attached hydrogens (tertiary/aromatic N) is 4. The molecule has 1 aromatic heterocycles. The number of nitrogens with one attached hydrogen (secondary N) is 1. The zero-order valence-electron chi connectivity index (χ0n) is 14.4. The Balaban J connectivity index is 1.46. The lowest BCUT2D eigenvalue weighted by Gasteiger charge is -2.32. The number of likely N-dealkylation sites (tertiary alicyclic amines) is 1. The number of hydrogen-bond acceptors (Lipinski definition) is 4. The van der Waals surface area contributed by atoms with Crippen LogP contribution in [-0.2, 0) is 13.0 Å². The van der Waals surface area contributed by atoms with E-state index in [1.54, 1.807) is 7.11 Å². The average molecular weight is 341 g/mol. The largest absolute Gasteiger partial charge is 0.495 e. The van der Waals surface area contributed by atoms with Crippen molar-refractivity contribution >= 4 is 11.7 Å². The van der Waals surface area contributed by atoms with Crippen LogP contribution < -0.4 is 10.1 Å². The van der Waals surface area contributed by atoms with E-state index in [0.29, 0.717) is 18.0 Å². The first-order valence-corrected chi connectivity index (χ1v) is 8.87. The number of carbonyl (C=O) groups is 1. The van der Waals surface area contributed by atoms with Gasteiger partial charge in [0, 0.05) is 32.0 Å². The number of fused-ring (bicyclic) bond motifs is 1. The zero-order valence-corrected chi connectivity index (χ0v) is 14.4. The van der Waals surface area contributed by atoms with E-state index in [0.717, 1.165) is 50.4 Å². The monoisotopic (exact) mass is 341 g/mol. The molecule has 1 N–H and O–H groups in total. The predicted molar refractivity (Wildman–Crippen MR) is 93.9 cm³/mol. The maximum atomic E-state index is 12.7. The number of ether oxygens (including phenoxy) is 1. The van der Waals surface area contributed by atoms with Crippen LogP contribution in [0.4, 0.5) is 10.5 Å². The molecule has 4 rings (SSSR count). The molecule has 2 aliphatic heterocycles. The second-order valence-electron chi connectivity index (χ2n) is 6.65. The van der Waals surface area contributed by atoms with Gasteiger partial charge in [-0.15, -0.1) is 10.2 Å². The van der Waals surface area contributed by atoms with E-state index >= 15 is 0 Å². The molecule has 2 aromatic rings. The molecule has 7 nitrogen and oxygen atoms in total. The quantitative estimate of drug-likeness (QED) is 0.931. The van der Waals surface area contributed by atoms with Crippen molar-refractivity contribution in [2.75, 3.05) is 25.5 Å². The number of hydrogen-bond donors (Lipinski definition) is 1. The highest BCUT2D eigenvalue weighted by Gasteiger charge is 2.30. The molecule has 1 aromatic carbocycles. The molecule has 25 heavy (non-hydrogen) atoms. The minimum absolute atomic E-state index is 0.0876. The van der Waals surface area contributed by atoms with Crippen molar-refractivity contribution < 1.29 is 9.53 Å². The number of benzene rings is 1. The summed E-state index contributed by atoms with van der Waals surface area (Å²) >= 11 is 0. The number of anilines is 1. The summed E-state index contributed by atoms with van der Waals surface area (Å²) < 4.78 is 7.55. The number of para-hydroxylation sites is 2. The van der Waals surface area contributed by atoms with Crippen molar-refractivity contribution in [3.05, 3.63) is 35.9 Å². The first kappa shape index (κ1) is 15.9. The average Bonchev–Trinajstić information content (AvgIpc) is 3.26. The van der Waals surface area contributed by atoms with Gasteiger partial charge in [-0.2, -0.15) is 0 Å². The molecular formula is C18H23N5O2. The van der Waals surface area contributed by atoms with Crippen molar-refractivity contribution in [1.29, 1.82) is 0 Å². The summed E-state index contributed by atoms with van der Waals surface area (Å²) in [6.45, 7) is 2.44. The molecule has 0 radical (unpaired) electrons. The van der Waals surface area contributed by atoms with Crippen LogP contribution >= 0.6 is 0 Å². The van der Waals surface area contributed by atoms with Gasteiger partial charge in [0.25, 0.3) is 0 Å². The van der Waals surface area contributed by atoms with Crippen LogP contribution in [0.15, 0.2) is 24.3 Å². The van der Waals surface area contributed by atoms with Crippen molar-refractivity contribution in [2.45, 2.75) is 38.1 Å². The standard InChI is InChI=1S/C18H23N5O2/c1-25-15-8-3-2-7-14(15)19-18(24)22-10-4-6-13(12-22)17-21-20-16-9-5-11-23(16)17/h2-3,7-8,13H,4-6,9-12H2,1H3,(H,19,24). The van der Waals surface area contributed by atoms with Crippen LogP contribution in [0.2, 0.25) is 0 Å². The number of aryl methyl sites for hydroxylation is 1. The maximum absolute atomic E-state index is 12.7. The number of amides is 2. The molecule has 0 saturated carbocycles. The number of carbonyl (C=O) groups excluding carboxylic acids is 1. The molecule has 2 amide bonds. The summed E-state index contributed by atoms with van der Waals surface area (Å²) in [5, 5.41) is 11.7. The van der Waals surface area contributed by atoms with E-state index < -0.39 is 0 Å². The van der Waals surface area contributed by atoms with Crippen LogP contribution in [0.5, 0.6) is 5.75 Å². The Bertz CT molecular complexity index is 773. The first-order chi connectivity index (χ1) is 12.3. The molecule has 0 bridgehead atoms. The summed E-state index contributed by atoms with van der Waals surface area (Å²) in [5.74, 6) is 3.06. The van der Waals surface area contributed by atoms with Crippen LogP contribution in [0.25, 0.3) is 0 Å². The summed E-state index contributed by atoms with van der Waals surface area (Å²) in [6.07, 6.45) is 4.18. The van der Waals surface area contributed by atoms with E-state index in [1.165, 1.54) is 0 Å². The molecule has 7 heteroatoms. The van der Waals surface area contributed by atoms with Gasteiger partial charge < -0.3 is 19.5 Å². The highest BCUT2D eigenvalue weighted by molar-refractivity contribution is 5.91. The summed E-state index contributed by atoms with van der Waals surface area (Å²) in [6, 6.07) is 7.38. The third-order valence-corrected chi connectivity index (χ3v) is 5.06. The van der Waals surface area contributed by atoms with Crippen LogP contribution in [0.1, 0.15) is 36.8 Å². The Hall–Kier alpha value is -2.57. The Morgan fingerprint density at radius 3 is 3.00 bits per heavy atom. The minimum Gasteiger partial charge on any atom is -0.495 e. The molecule has 1 atom stereocenters. The molecule has 0 spiro atoms. The number of aromatic nitrogens is 3. The van der Waals surface area contributed by atoms with Gasteiger partial charge in [-0.1, -0.05) is 12.1 Å². The highest BCUT2D eigenvalue weighted by atomic mass is 16.5. The zero-order chi connectivity index (χ0) is 17.2. The SMILES string of the molecule is COc1ccccc1NC(=O)N1CCCC(c2nnc3n2CCC3)C1. The molecule has 1 fully saturated rings. The normalized spacial score (nSPS) is 19.6. The summed E-state index contributed by atoms with van der Waals surface area (Å²) in [4.78, 5) is 14.6. The highest BCUT2D eigenvalue weighted by Crippen LogP contribution is 2.29. The number of rotatable bonds is 3. The number of piperidine rings is 1. The smallest absolute Gasteiger partial charge is 0.321 e. The van der Waals surface area contributed by atoms with Crippen LogP contribution in [0.3, 0.4) is 0 Å². The topological polar surface area (TPSA) is 72.3 Å². The Morgan fingerprint density at radius 1 is 1.24 bits per heavy atom. The van der Waals surface area contributed by atoms with Gasteiger partial charge in [0.05, 0.1) is 12.8 Å². The van der Waals surface area contributed by atoms with Gasteiger partial charge in [0.1, 0.15) is 17.4 Å². The van der Waals surface area contributed by atoms with Crippen molar-refractivity contribution in [2.24, 2.45) is 0 Å². The fourth-order valence-corrected chi connectivity index (χ4v) is 3.79. The summed E-state index contributed by atoms with van der Waals surface area (Å²) in [7, 11) is 1.60. The van der Waals surface area contributed by atoms with E-state index in [9.17, 15) is 4.79 Å². The Labute approximate surface area is 147 Å². The molecule has 1 saturated heterocycles.